The van der Waals surface area contributed by atoms with E-state index in [4.69, 9.17) is 14.5 Å². The number of thiophene rings is 1. The van der Waals surface area contributed by atoms with Crippen LogP contribution >= 0.6 is 22.7 Å². The molecule has 1 aliphatic heterocycles. The van der Waals surface area contributed by atoms with Crippen molar-refractivity contribution in [2.45, 2.75) is 27.2 Å². The van der Waals surface area contributed by atoms with Crippen LogP contribution in [0.3, 0.4) is 0 Å². The Balaban J connectivity index is 1.56. The van der Waals surface area contributed by atoms with E-state index in [1.165, 1.54) is 4.88 Å². The van der Waals surface area contributed by atoms with Crippen molar-refractivity contribution < 1.29 is 14.3 Å². The molecule has 5 nitrogen and oxygen atoms in total. The van der Waals surface area contributed by atoms with E-state index in [0.717, 1.165) is 54.8 Å². The molecule has 0 saturated carbocycles. The number of carbonyl (C=O) groups excluding carboxylic acids is 1. The lowest BCUT2D eigenvalue weighted by molar-refractivity contribution is -0.118. The quantitative estimate of drug-likeness (QED) is 0.391. The van der Waals surface area contributed by atoms with Crippen molar-refractivity contribution in [3.05, 3.63) is 58.5 Å². The van der Waals surface area contributed by atoms with Gasteiger partial charge in [-0.2, -0.15) is 0 Å². The summed E-state index contributed by atoms with van der Waals surface area (Å²) < 4.78 is 12.1. The monoisotopic (exact) mass is 450 g/mol. The molecule has 158 valence electrons. The van der Waals surface area contributed by atoms with Crippen molar-refractivity contribution in [1.82, 2.24) is 4.98 Å². The smallest absolute Gasteiger partial charge is 0.231 e. The average Bonchev–Trinajstić information content (AvgIpc) is 3.45. The number of aromatic nitrogens is 1. The Bertz CT molecular complexity index is 1260. The zero-order valence-corrected chi connectivity index (χ0v) is 19.2. The van der Waals surface area contributed by atoms with E-state index in [1.54, 1.807) is 22.7 Å². The first-order chi connectivity index (χ1) is 15.0. The third-order valence-corrected chi connectivity index (χ3v) is 7.58. The number of nitrogens with zero attached hydrogens (tertiary/aromatic N) is 1. The molecule has 0 unspecified atom stereocenters. The summed E-state index contributed by atoms with van der Waals surface area (Å²) in [5.41, 5.74) is 4.30. The van der Waals surface area contributed by atoms with Gasteiger partial charge in [-0.3, -0.25) is 4.79 Å². The zero-order chi connectivity index (χ0) is 21.5. The molecule has 1 amide bonds. The highest BCUT2D eigenvalue weighted by Crippen LogP contribution is 2.44. The summed E-state index contributed by atoms with van der Waals surface area (Å²) >= 11 is 3.29. The molecule has 5 rings (SSSR count). The van der Waals surface area contributed by atoms with Gasteiger partial charge in [0, 0.05) is 22.8 Å². The third kappa shape index (κ3) is 3.79. The van der Waals surface area contributed by atoms with Crippen LogP contribution in [0, 0.1) is 12.8 Å². The van der Waals surface area contributed by atoms with Crippen LogP contribution in [0.4, 0.5) is 5.00 Å². The van der Waals surface area contributed by atoms with Gasteiger partial charge in [-0.15, -0.1) is 22.7 Å². The standard InChI is InChI=1S/C24H22N2O3S2/c1-13(2)22(27)26-24-21(23-25-16-6-4-5-7-19(16)30-23)14(3)20(31-24)11-15-8-9-17-18(10-15)29-12-28-17/h4-10,13H,11-12H2,1-3H3,(H,26,27). The molecule has 4 aromatic rings. The molecular weight excluding hydrogens is 428 g/mol. The minimum absolute atomic E-state index is 0.0123. The maximum absolute atomic E-state index is 12.5. The van der Waals surface area contributed by atoms with Gasteiger partial charge in [0.2, 0.25) is 12.7 Å². The Morgan fingerprint density at radius 1 is 1.13 bits per heavy atom. The lowest BCUT2D eigenvalue weighted by Crippen LogP contribution is -2.17. The van der Waals surface area contributed by atoms with Gasteiger partial charge >= 0.3 is 0 Å². The first kappa shape index (κ1) is 20.0. The summed E-state index contributed by atoms with van der Waals surface area (Å²) in [5, 5.41) is 4.95. The molecule has 0 bridgehead atoms. The van der Waals surface area contributed by atoms with Crippen molar-refractivity contribution in [2.24, 2.45) is 5.92 Å². The van der Waals surface area contributed by atoms with Gasteiger partial charge in [-0.05, 0) is 42.3 Å². The van der Waals surface area contributed by atoms with Gasteiger partial charge in [0.1, 0.15) is 10.0 Å². The second-order valence-electron chi connectivity index (χ2n) is 7.85. The summed E-state index contributed by atoms with van der Waals surface area (Å²) in [6.07, 6.45) is 0.753. The number of fused-ring (bicyclic) bond motifs is 2. The maximum atomic E-state index is 12.5. The number of nitrogens with one attached hydrogen (secondary N) is 1. The van der Waals surface area contributed by atoms with E-state index in [9.17, 15) is 4.79 Å². The molecule has 3 heterocycles. The molecule has 1 aliphatic rings. The largest absolute Gasteiger partial charge is 0.454 e. The number of hydrogen-bond acceptors (Lipinski definition) is 6. The molecule has 2 aromatic heterocycles. The van der Waals surface area contributed by atoms with E-state index in [1.807, 2.05) is 44.2 Å². The highest BCUT2D eigenvalue weighted by molar-refractivity contribution is 7.22. The topological polar surface area (TPSA) is 60.5 Å². The Labute approximate surface area is 188 Å². The molecule has 7 heteroatoms. The number of thiazole rings is 1. The number of rotatable bonds is 5. The zero-order valence-electron chi connectivity index (χ0n) is 17.5. The van der Waals surface area contributed by atoms with Gasteiger partial charge in [-0.1, -0.05) is 32.0 Å². The number of amides is 1. The molecule has 0 aliphatic carbocycles. The average molecular weight is 451 g/mol. The summed E-state index contributed by atoms with van der Waals surface area (Å²) in [6, 6.07) is 14.2. The van der Waals surface area contributed by atoms with Crippen LogP contribution in [0.25, 0.3) is 20.8 Å². The second-order valence-corrected chi connectivity index (χ2v) is 9.99. The number of benzene rings is 2. The van der Waals surface area contributed by atoms with Crippen LogP contribution in [0.15, 0.2) is 42.5 Å². The van der Waals surface area contributed by atoms with Crippen molar-refractivity contribution >= 4 is 43.8 Å². The fourth-order valence-corrected chi connectivity index (χ4v) is 5.93. The number of ether oxygens (including phenoxy) is 2. The molecular formula is C24H22N2O3S2. The Morgan fingerprint density at radius 3 is 2.74 bits per heavy atom. The van der Waals surface area contributed by atoms with E-state index in [-0.39, 0.29) is 18.6 Å². The SMILES string of the molecule is Cc1c(Cc2ccc3c(c2)OCO3)sc(NC(=O)C(C)C)c1-c1nc2ccccc2s1. The molecule has 1 N–H and O–H groups in total. The summed E-state index contributed by atoms with van der Waals surface area (Å²) in [6.45, 7) is 6.19. The number of anilines is 1. The fraction of sp³-hybridized carbons (Fsp3) is 0.250. The predicted octanol–water partition coefficient (Wildman–Crippen LogP) is 6.25. The van der Waals surface area contributed by atoms with Crippen molar-refractivity contribution in [3.8, 4) is 22.1 Å². The summed E-state index contributed by atoms with van der Waals surface area (Å²) in [7, 11) is 0. The lowest BCUT2D eigenvalue weighted by Gasteiger charge is -2.07. The minimum atomic E-state index is -0.0945. The van der Waals surface area contributed by atoms with Gasteiger partial charge in [-0.25, -0.2) is 4.98 Å². The molecule has 0 spiro atoms. The highest BCUT2D eigenvalue weighted by Gasteiger charge is 2.23. The fourth-order valence-electron chi connectivity index (χ4n) is 3.55. The molecule has 0 atom stereocenters. The van der Waals surface area contributed by atoms with Crippen LogP contribution in [0.1, 0.15) is 29.9 Å². The Hall–Kier alpha value is -2.90. The van der Waals surface area contributed by atoms with Crippen LogP contribution in [0.5, 0.6) is 11.5 Å². The summed E-state index contributed by atoms with van der Waals surface area (Å²) in [4.78, 5) is 18.6. The van der Waals surface area contributed by atoms with Crippen molar-refractivity contribution in [2.75, 3.05) is 12.1 Å². The summed E-state index contributed by atoms with van der Waals surface area (Å²) in [5.74, 6) is 1.49. The first-order valence-corrected chi connectivity index (χ1v) is 11.8. The van der Waals surface area contributed by atoms with Gasteiger partial charge < -0.3 is 14.8 Å². The third-order valence-electron chi connectivity index (χ3n) is 5.32. The van der Waals surface area contributed by atoms with Crippen LogP contribution in [0.2, 0.25) is 0 Å². The van der Waals surface area contributed by atoms with Gasteiger partial charge in [0.15, 0.2) is 11.5 Å². The van der Waals surface area contributed by atoms with Gasteiger partial charge in [0.25, 0.3) is 0 Å². The predicted molar refractivity (Wildman–Crippen MR) is 127 cm³/mol. The molecule has 0 radical (unpaired) electrons. The van der Waals surface area contributed by atoms with Crippen LogP contribution < -0.4 is 14.8 Å². The van der Waals surface area contributed by atoms with Gasteiger partial charge in [0.05, 0.1) is 10.2 Å². The minimum Gasteiger partial charge on any atom is -0.454 e. The normalized spacial score (nSPS) is 12.6. The number of carbonyl (C=O) groups is 1. The lowest BCUT2D eigenvalue weighted by atomic mass is 10.1. The molecule has 2 aromatic carbocycles. The van der Waals surface area contributed by atoms with E-state index in [2.05, 4.69) is 24.4 Å². The van der Waals surface area contributed by atoms with Crippen LogP contribution in [-0.4, -0.2) is 17.7 Å². The van der Waals surface area contributed by atoms with Crippen molar-refractivity contribution in [3.63, 3.8) is 0 Å². The highest BCUT2D eigenvalue weighted by atomic mass is 32.1. The van der Waals surface area contributed by atoms with Crippen molar-refractivity contribution in [1.29, 1.82) is 0 Å². The maximum Gasteiger partial charge on any atom is 0.231 e. The first-order valence-electron chi connectivity index (χ1n) is 10.2. The molecule has 0 saturated heterocycles. The Morgan fingerprint density at radius 2 is 1.94 bits per heavy atom. The second kappa shape index (κ2) is 7.98. The van der Waals surface area contributed by atoms with E-state index < -0.39 is 0 Å². The Kier molecular flexibility index (Phi) is 5.16. The molecule has 31 heavy (non-hydrogen) atoms. The van der Waals surface area contributed by atoms with E-state index >= 15 is 0 Å². The molecule has 0 fully saturated rings. The van der Waals surface area contributed by atoms with Crippen LogP contribution in [-0.2, 0) is 11.2 Å². The number of hydrogen-bond donors (Lipinski definition) is 1. The number of para-hydroxylation sites is 1. The van der Waals surface area contributed by atoms with E-state index in [0.29, 0.717) is 0 Å².